The Morgan fingerprint density at radius 2 is 1.28 bits per heavy atom. The van der Waals surface area contributed by atoms with E-state index < -0.39 is 0 Å². The highest BCUT2D eigenvalue weighted by Crippen LogP contribution is 2.21. The van der Waals surface area contributed by atoms with Gasteiger partial charge in [-0.2, -0.15) is 0 Å². The summed E-state index contributed by atoms with van der Waals surface area (Å²) in [6.45, 7) is 0. The predicted molar refractivity (Wildman–Crippen MR) is 75.1 cm³/mol. The van der Waals surface area contributed by atoms with Gasteiger partial charge in [0.15, 0.2) is 0 Å². The Labute approximate surface area is 108 Å². The molecule has 0 aliphatic carbocycles. The van der Waals surface area contributed by atoms with Crippen LogP contribution in [0.3, 0.4) is 0 Å². The van der Waals surface area contributed by atoms with E-state index in [1.165, 1.54) is 0 Å². The van der Waals surface area contributed by atoms with Gasteiger partial charge in [-0.1, -0.05) is 66.7 Å². The lowest BCUT2D eigenvalue weighted by Gasteiger charge is -2.03. The van der Waals surface area contributed by atoms with Gasteiger partial charge in [-0.05, 0) is 11.6 Å². The van der Waals surface area contributed by atoms with Gasteiger partial charge in [-0.3, -0.25) is 4.98 Å². The molecule has 1 nitrogen and oxygen atoms in total. The smallest absolute Gasteiger partial charge is 0.0702 e. The second-order valence-corrected chi connectivity index (χ2v) is 4.08. The molecule has 0 unspecified atom stereocenters. The molecule has 0 radical (unpaired) electrons. The molecule has 3 rings (SSSR count). The van der Waals surface area contributed by atoms with E-state index >= 15 is 0 Å². The SMILES string of the molecule is [2H]c1cc(-c2ccccc2)ncc1-c1ccccc1. The molecule has 0 amide bonds. The lowest BCUT2D eigenvalue weighted by molar-refractivity contribution is 1.32. The van der Waals surface area contributed by atoms with Crippen molar-refractivity contribution >= 4 is 0 Å². The topological polar surface area (TPSA) is 12.9 Å². The van der Waals surface area contributed by atoms with E-state index in [1.54, 1.807) is 6.20 Å². The molecule has 0 aliphatic rings. The molecule has 86 valence electrons. The molecule has 18 heavy (non-hydrogen) atoms. The molecule has 0 saturated heterocycles. The van der Waals surface area contributed by atoms with E-state index in [4.69, 9.17) is 1.37 Å². The Kier molecular flexibility index (Phi) is 2.58. The van der Waals surface area contributed by atoms with Crippen LogP contribution in [0, 0.1) is 0 Å². The van der Waals surface area contributed by atoms with Gasteiger partial charge in [-0.25, -0.2) is 0 Å². The molecule has 1 aromatic heterocycles. The Balaban J connectivity index is 2.04. The number of hydrogen-bond donors (Lipinski definition) is 0. The van der Waals surface area contributed by atoms with Crippen molar-refractivity contribution < 1.29 is 1.37 Å². The van der Waals surface area contributed by atoms with Crippen molar-refractivity contribution in [3.8, 4) is 22.4 Å². The van der Waals surface area contributed by atoms with Crippen LogP contribution in [0.1, 0.15) is 1.37 Å². The average molecular weight is 232 g/mol. The van der Waals surface area contributed by atoms with Gasteiger partial charge in [-0.15, -0.1) is 0 Å². The Morgan fingerprint density at radius 3 is 1.89 bits per heavy atom. The van der Waals surface area contributed by atoms with Gasteiger partial charge in [0.25, 0.3) is 0 Å². The third-order valence-corrected chi connectivity index (χ3v) is 2.85. The summed E-state index contributed by atoms with van der Waals surface area (Å²) in [5.74, 6) is 0. The minimum Gasteiger partial charge on any atom is -0.256 e. The second-order valence-electron chi connectivity index (χ2n) is 4.08. The minimum atomic E-state index is 0.500. The first-order chi connectivity index (χ1) is 9.34. The fraction of sp³-hybridized carbons (Fsp3) is 0. The van der Waals surface area contributed by atoms with Gasteiger partial charge >= 0.3 is 0 Å². The van der Waals surface area contributed by atoms with Crippen molar-refractivity contribution in [1.29, 1.82) is 0 Å². The summed E-state index contributed by atoms with van der Waals surface area (Å²) >= 11 is 0. The molecule has 0 saturated carbocycles. The quantitative estimate of drug-likeness (QED) is 0.637. The van der Waals surface area contributed by atoms with E-state index in [9.17, 15) is 0 Å². The molecule has 1 heteroatoms. The van der Waals surface area contributed by atoms with Crippen LogP contribution in [0.5, 0.6) is 0 Å². The van der Waals surface area contributed by atoms with Crippen LogP contribution in [0.4, 0.5) is 0 Å². The monoisotopic (exact) mass is 232 g/mol. The third-order valence-electron chi connectivity index (χ3n) is 2.85. The molecule has 0 N–H and O–H groups in total. The fourth-order valence-corrected chi connectivity index (χ4v) is 1.90. The molecule has 0 fully saturated rings. The maximum absolute atomic E-state index is 8.16. The van der Waals surface area contributed by atoms with Gasteiger partial charge in [0, 0.05) is 17.3 Å². The second kappa shape index (κ2) is 4.84. The molecule has 1 heterocycles. The summed E-state index contributed by atoms with van der Waals surface area (Å²) in [7, 11) is 0. The van der Waals surface area contributed by atoms with Crippen LogP contribution < -0.4 is 0 Å². The minimum absolute atomic E-state index is 0.500. The van der Waals surface area contributed by atoms with Crippen LogP contribution in [0.2, 0.25) is 0 Å². The first kappa shape index (κ1) is 9.60. The summed E-state index contributed by atoms with van der Waals surface area (Å²) in [6, 6.07) is 22.2. The highest BCUT2D eigenvalue weighted by atomic mass is 14.7. The summed E-state index contributed by atoms with van der Waals surface area (Å²) in [6.07, 6.45) is 1.78. The van der Waals surface area contributed by atoms with E-state index in [0.717, 1.165) is 22.4 Å². The van der Waals surface area contributed by atoms with Gasteiger partial charge < -0.3 is 0 Å². The van der Waals surface area contributed by atoms with Crippen molar-refractivity contribution in [3.63, 3.8) is 0 Å². The molecular weight excluding hydrogens is 218 g/mol. The number of nitrogens with zero attached hydrogens (tertiary/aromatic N) is 1. The molecule has 3 aromatic rings. The lowest BCUT2D eigenvalue weighted by atomic mass is 10.1. The predicted octanol–water partition coefficient (Wildman–Crippen LogP) is 4.42. The fourth-order valence-electron chi connectivity index (χ4n) is 1.90. The average Bonchev–Trinajstić information content (AvgIpc) is 2.49. The number of rotatable bonds is 2. The van der Waals surface area contributed by atoms with Crippen molar-refractivity contribution in [2.45, 2.75) is 0 Å². The summed E-state index contributed by atoms with van der Waals surface area (Å²) in [5.41, 5.74) is 3.76. The Morgan fingerprint density at radius 1 is 0.667 bits per heavy atom. The van der Waals surface area contributed by atoms with Crippen molar-refractivity contribution in [2.75, 3.05) is 0 Å². The zero-order valence-corrected chi connectivity index (χ0v) is 9.88. The van der Waals surface area contributed by atoms with Crippen LogP contribution in [0.25, 0.3) is 22.4 Å². The van der Waals surface area contributed by atoms with E-state index in [1.807, 2.05) is 66.7 Å². The van der Waals surface area contributed by atoms with Gasteiger partial charge in [0.05, 0.1) is 7.06 Å². The van der Waals surface area contributed by atoms with E-state index in [-0.39, 0.29) is 0 Å². The largest absolute Gasteiger partial charge is 0.256 e. The molecular formula is C17H13N. The van der Waals surface area contributed by atoms with Crippen LogP contribution in [0.15, 0.2) is 79.0 Å². The first-order valence-electron chi connectivity index (χ1n) is 6.42. The lowest BCUT2D eigenvalue weighted by Crippen LogP contribution is -1.84. The zero-order valence-electron chi connectivity index (χ0n) is 10.9. The molecule has 0 atom stereocenters. The standard InChI is InChI=1S/C17H13N/c1-3-7-14(8-4-1)16-11-12-17(18-13-16)15-9-5-2-6-10-15/h1-13H/i11D. The number of pyridine rings is 1. The molecule has 0 spiro atoms. The van der Waals surface area contributed by atoms with Crippen LogP contribution >= 0.6 is 0 Å². The van der Waals surface area contributed by atoms with E-state index in [2.05, 4.69) is 4.98 Å². The maximum atomic E-state index is 8.16. The number of hydrogen-bond acceptors (Lipinski definition) is 1. The number of aromatic nitrogens is 1. The van der Waals surface area contributed by atoms with Crippen molar-refractivity contribution in [3.05, 3.63) is 79.0 Å². The molecule has 2 aromatic carbocycles. The Bertz CT molecular complexity index is 678. The maximum Gasteiger partial charge on any atom is 0.0702 e. The van der Waals surface area contributed by atoms with Crippen LogP contribution in [-0.2, 0) is 0 Å². The highest BCUT2D eigenvalue weighted by molar-refractivity contribution is 5.66. The van der Waals surface area contributed by atoms with Crippen molar-refractivity contribution in [1.82, 2.24) is 4.98 Å². The first-order valence-corrected chi connectivity index (χ1v) is 5.92. The van der Waals surface area contributed by atoms with Crippen LogP contribution in [-0.4, -0.2) is 4.98 Å². The zero-order chi connectivity index (χ0) is 13.1. The number of benzene rings is 2. The summed E-state index contributed by atoms with van der Waals surface area (Å²) < 4.78 is 8.16. The highest BCUT2D eigenvalue weighted by Gasteiger charge is 2.00. The summed E-state index contributed by atoms with van der Waals surface area (Å²) in [4.78, 5) is 4.47. The third kappa shape index (κ3) is 2.16. The van der Waals surface area contributed by atoms with E-state index in [0.29, 0.717) is 6.04 Å². The van der Waals surface area contributed by atoms with Gasteiger partial charge in [0.1, 0.15) is 0 Å². The van der Waals surface area contributed by atoms with Gasteiger partial charge in [0.2, 0.25) is 0 Å². The Hall–Kier alpha value is -2.41. The van der Waals surface area contributed by atoms with Crippen molar-refractivity contribution in [2.24, 2.45) is 0 Å². The normalized spacial score (nSPS) is 11.0. The summed E-state index contributed by atoms with van der Waals surface area (Å²) in [5, 5.41) is 0. The molecule has 0 bridgehead atoms. The molecule has 0 aliphatic heterocycles.